The Bertz CT molecular complexity index is 648. The van der Waals surface area contributed by atoms with E-state index in [1.165, 1.54) is 16.9 Å². The highest BCUT2D eigenvalue weighted by Gasteiger charge is 2.23. The first kappa shape index (κ1) is 13.3. The van der Waals surface area contributed by atoms with E-state index < -0.39 is 0 Å². The Morgan fingerprint density at radius 3 is 3.10 bits per heavy atom. The van der Waals surface area contributed by atoms with Crippen LogP contribution in [0.15, 0.2) is 23.6 Å². The second-order valence-electron chi connectivity index (χ2n) is 5.52. The molecule has 2 aromatic heterocycles. The Morgan fingerprint density at radius 2 is 2.30 bits per heavy atom. The number of nitrogens with zero attached hydrogens (tertiary/aromatic N) is 1. The van der Waals surface area contributed by atoms with Gasteiger partial charge in [-0.3, -0.25) is 4.79 Å². The van der Waals surface area contributed by atoms with Crippen molar-refractivity contribution in [2.75, 3.05) is 5.32 Å². The second-order valence-corrected chi connectivity index (χ2v) is 6.48. The van der Waals surface area contributed by atoms with E-state index in [0.717, 1.165) is 30.0 Å². The van der Waals surface area contributed by atoms with E-state index in [9.17, 15) is 4.79 Å². The van der Waals surface area contributed by atoms with Gasteiger partial charge in [0.2, 0.25) is 0 Å². The summed E-state index contributed by atoms with van der Waals surface area (Å²) in [5, 5.41) is 4.90. The zero-order valence-corrected chi connectivity index (χ0v) is 12.6. The summed E-state index contributed by atoms with van der Waals surface area (Å²) in [5.74, 6) is 1.32. The van der Waals surface area contributed by atoms with E-state index in [1.807, 2.05) is 30.5 Å². The first-order valence-corrected chi connectivity index (χ1v) is 7.85. The smallest absolute Gasteiger partial charge is 0.257 e. The number of fused-ring (bicyclic) bond motifs is 1. The molecule has 4 heteroatoms. The predicted octanol–water partition coefficient (Wildman–Crippen LogP) is 3.83. The summed E-state index contributed by atoms with van der Waals surface area (Å²) in [5.41, 5.74) is 2.99. The number of carbonyl (C=O) groups excluding carboxylic acids is 1. The van der Waals surface area contributed by atoms with Gasteiger partial charge in [0.15, 0.2) is 0 Å². The lowest BCUT2D eigenvalue weighted by molar-refractivity contribution is 0.102. The third-order valence-corrected chi connectivity index (χ3v) is 4.83. The third-order valence-electron chi connectivity index (χ3n) is 3.78. The number of aromatic nitrogens is 1. The minimum Gasteiger partial charge on any atom is -0.307 e. The van der Waals surface area contributed by atoms with Crippen molar-refractivity contribution in [1.82, 2.24) is 4.98 Å². The maximum atomic E-state index is 12.4. The van der Waals surface area contributed by atoms with Crippen LogP contribution in [0.5, 0.6) is 0 Å². The fourth-order valence-corrected chi connectivity index (χ4v) is 3.91. The van der Waals surface area contributed by atoms with Crippen LogP contribution in [-0.4, -0.2) is 10.9 Å². The van der Waals surface area contributed by atoms with Crippen molar-refractivity contribution in [3.63, 3.8) is 0 Å². The number of hydrogen-bond acceptors (Lipinski definition) is 3. The lowest BCUT2D eigenvalue weighted by Gasteiger charge is -2.18. The van der Waals surface area contributed by atoms with E-state index in [-0.39, 0.29) is 5.91 Å². The maximum Gasteiger partial charge on any atom is 0.257 e. The normalized spacial score (nSPS) is 17.6. The average Bonchev–Trinajstić information content (AvgIpc) is 2.81. The lowest BCUT2D eigenvalue weighted by Crippen LogP contribution is -2.17. The molecule has 104 valence electrons. The lowest BCUT2D eigenvalue weighted by atomic mass is 9.88. The number of rotatable bonds is 2. The van der Waals surface area contributed by atoms with Gasteiger partial charge >= 0.3 is 0 Å². The third kappa shape index (κ3) is 2.61. The molecule has 1 N–H and O–H groups in total. The van der Waals surface area contributed by atoms with Gasteiger partial charge in [-0.15, -0.1) is 11.3 Å². The molecule has 0 unspecified atom stereocenters. The van der Waals surface area contributed by atoms with Crippen LogP contribution in [0.2, 0.25) is 0 Å². The summed E-state index contributed by atoms with van der Waals surface area (Å²) in [6, 6.07) is 5.65. The molecule has 0 aliphatic heterocycles. The maximum absolute atomic E-state index is 12.4. The van der Waals surface area contributed by atoms with Crippen molar-refractivity contribution in [3.05, 3.63) is 45.3 Å². The molecule has 3 nitrogen and oxygen atoms in total. The number of carbonyl (C=O) groups is 1. The van der Waals surface area contributed by atoms with Crippen LogP contribution < -0.4 is 5.32 Å². The standard InChI is InChI=1S/C16H18N2OS/c1-10-6-7-12-13(9-20-14(12)8-10)16(19)18-15-5-3-4-11(2)17-15/h3-5,9-10H,6-8H2,1-2H3,(H,17,18,19)/t10-/m1/s1. The van der Waals surface area contributed by atoms with Crippen LogP contribution in [0.3, 0.4) is 0 Å². The molecule has 0 aromatic carbocycles. The van der Waals surface area contributed by atoms with Crippen molar-refractivity contribution >= 4 is 23.1 Å². The van der Waals surface area contributed by atoms with Gasteiger partial charge in [0.05, 0.1) is 5.56 Å². The number of amides is 1. The van der Waals surface area contributed by atoms with Crippen LogP contribution >= 0.6 is 11.3 Å². The second kappa shape index (κ2) is 5.37. The van der Waals surface area contributed by atoms with Gasteiger partial charge in [-0.1, -0.05) is 13.0 Å². The van der Waals surface area contributed by atoms with Crippen molar-refractivity contribution in [2.45, 2.75) is 33.1 Å². The van der Waals surface area contributed by atoms with Gasteiger partial charge in [0.25, 0.3) is 5.91 Å². The highest BCUT2D eigenvalue weighted by molar-refractivity contribution is 7.10. The first-order chi connectivity index (χ1) is 9.63. The molecule has 0 saturated heterocycles. The first-order valence-electron chi connectivity index (χ1n) is 6.97. The number of anilines is 1. The van der Waals surface area contributed by atoms with E-state index in [4.69, 9.17) is 0 Å². The Kier molecular flexibility index (Phi) is 3.57. The Hall–Kier alpha value is -1.68. The Balaban J connectivity index is 1.81. The molecular weight excluding hydrogens is 268 g/mol. The van der Waals surface area contributed by atoms with Crippen molar-refractivity contribution in [1.29, 1.82) is 0 Å². The molecule has 1 amide bonds. The SMILES string of the molecule is Cc1cccc(NC(=O)c2csc3c2CC[C@@H](C)C3)n1. The average molecular weight is 286 g/mol. The quantitative estimate of drug-likeness (QED) is 0.911. The molecule has 1 aliphatic rings. The fourth-order valence-electron chi connectivity index (χ4n) is 2.66. The monoisotopic (exact) mass is 286 g/mol. The van der Waals surface area contributed by atoms with Gasteiger partial charge < -0.3 is 5.32 Å². The van der Waals surface area contributed by atoms with E-state index in [1.54, 1.807) is 11.3 Å². The van der Waals surface area contributed by atoms with E-state index >= 15 is 0 Å². The number of thiophene rings is 1. The number of pyridine rings is 1. The summed E-state index contributed by atoms with van der Waals surface area (Å²) in [4.78, 5) is 18.1. The van der Waals surface area contributed by atoms with Gasteiger partial charge in [0.1, 0.15) is 5.82 Å². The molecular formula is C16H18N2OS. The topological polar surface area (TPSA) is 42.0 Å². The van der Waals surface area contributed by atoms with E-state index in [0.29, 0.717) is 5.82 Å². The molecule has 0 fully saturated rings. The van der Waals surface area contributed by atoms with Crippen LogP contribution in [0, 0.1) is 12.8 Å². The van der Waals surface area contributed by atoms with Crippen LogP contribution in [0.1, 0.15) is 39.8 Å². The fraction of sp³-hybridized carbons (Fsp3) is 0.375. The largest absolute Gasteiger partial charge is 0.307 e. The van der Waals surface area contributed by atoms with Crippen molar-refractivity contribution < 1.29 is 4.79 Å². The molecule has 0 bridgehead atoms. The van der Waals surface area contributed by atoms with Crippen molar-refractivity contribution in [3.8, 4) is 0 Å². The molecule has 2 heterocycles. The molecule has 1 aliphatic carbocycles. The molecule has 0 saturated carbocycles. The predicted molar refractivity (Wildman–Crippen MR) is 82.4 cm³/mol. The molecule has 1 atom stereocenters. The van der Waals surface area contributed by atoms with Gasteiger partial charge in [-0.2, -0.15) is 0 Å². The summed E-state index contributed by atoms with van der Waals surface area (Å²) >= 11 is 1.72. The van der Waals surface area contributed by atoms with Crippen molar-refractivity contribution in [2.24, 2.45) is 5.92 Å². The van der Waals surface area contributed by atoms with Gasteiger partial charge in [0, 0.05) is 16.0 Å². The zero-order valence-electron chi connectivity index (χ0n) is 11.8. The van der Waals surface area contributed by atoms with E-state index in [2.05, 4.69) is 17.2 Å². The van der Waals surface area contributed by atoms with Crippen LogP contribution in [0.4, 0.5) is 5.82 Å². The molecule has 2 aromatic rings. The summed E-state index contributed by atoms with van der Waals surface area (Å²) in [7, 11) is 0. The molecule has 0 spiro atoms. The Labute approximate surface area is 123 Å². The highest BCUT2D eigenvalue weighted by Crippen LogP contribution is 2.33. The summed E-state index contributed by atoms with van der Waals surface area (Å²) < 4.78 is 0. The summed E-state index contributed by atoms with van der Waals surface area (Å²) in [6.45, 7) is 4.20. The van der Waals surface area contributed by atoms with Crippen LogP contribution in [-0.2, 0) is 12.8 Å². The number of aryl methyl sites for hydroxylation is 1. The van der Waals surface area contributed by atoms with Gasteiger partial charge in [-0.25, -0.2) is 4.98 Å². The minimum atomic E-state index is -0.0323. The molecule has 3 rings (SSSR count). The molecule has 0 radical (unpaired) electrons. The summed E-state index contributed by atoms with van der Waals surface area (Å²) in [6.07, 6.45) is 3.30. The number of nitrogens with one attached hydrogen (secondary N) is 1. The highest BCUT2D eigenvalue weighted by atomic mass is 32.1. The van der Waals surface area contributed by atoms with Crippen LogP contribution in [0.25, 0.3) is 0 Å². The zero-order chi connectivity index (χ0) is 14.1. The van der Waals surface area contributed by atoms with Gasteiger partial charge in [-0.05, 0) is 49.8 Å². The Morgan fingerprint density at radius 1 is 1.45 bits per heavy atom. The molecule has 20 heavy (non-hydrogen) atoms. The number of hydrogen-bond donors (Lipinski definition) is 1. The minimum absolute atomic E-state index is 0.0323.